The van der Waals surface area contributed by atoms with Crippen LogP contribution < -0.4 is 10.1 Å². The van der Waals surface area contributed by atoms with Gasteiger partial charge in [-0.1, -0.05) is 13.3 Å². The Morgan fingerprint density at radius 1 is 1.35 bits per heavy atom. The molecule has 1 N–H and O–H groups in total. The molecule has 2 atom stereocenters. The maximum absolute atomic E-state index is 13.0. The van der Waals surface area contributed by atoms with E-state index in [0.717, 1.165) is 31.2 Å². The van der Waals surface area contributed by atoms with Crippen molar-refractivity contribution in [3.05, 3.63) is 17.8 Å². The molecule has 1 saturated carbocycles. The fourth-order valence-corrected chi connectivity index (χ4v) is 3.55. The Morgan fingerprint density at radius 2 is 2.15 bits per heavy atom. The molecule has 0 saturated heterocycles. The topological polar surface area (TPSA) is 69.7 Å². The van der Waals surface area contributed by atoms with Crippen LogP contribution in [-0.2, 0) is 14.3 Å². The first-order valence-electron chi connectivity index (χ1n) is 9.63. The van der Waals surface area contributed by atoms with Crippen molar-refractivity contribution in [3.63, 3.8) is 0 Å². The highest BCUT2D eigenvalue weighted by Crippen LogP contribution is 2.36. The lowest BCUT2D eigenvalue weighted by atomic mass is 9.78. The minimum Gasteiger partial charge on any atom is -0.475 e. The van der Waals surface area contributed by atoms with Crippen molar-refractivity contribution < 1.29 is 19.0 Å². The van der Waals surface area contributed by atoms with Gasteiger partial charge < -0.3 is 19.5 Å². The number of amides is 1. The van der Waals surface area contributed by atoms with E-state index in [1.807, 2.05) is 26.8 Å². The van der Waals surface area contributed by atoms with E-state index in [1.54, 1.807) is 6.20 Å². The van der Waals surface area contributed by atoms with Gasteiger partial charge in [0.1, 0.15) is 12.2 Å². The Balaban J connectivity index is 2.02. The zero-order valence-electron chi connectivity index (χ0n) is 16.5. The molecule has 26 heavy (non-hydrogen) atoms. The van der Waals surface area contributed by atoms with E-state index in [4.69, 9.17) is 14.2 Å². The lowest BCUT2D eigenvalue weighted by molar-refractivity contribution is -0.147. The third-order valence-electron chi connectivity index (χ3n) is 4.75. The fourth-order valence-electron chi connectivity index (χ4n) is 3.55. The van der Waals surface area contributed by atoms with E-state index in [0.29, 0.717) is 43.9 Å². The molecule has 1 aromatic rings. The van der Waals surface area contributed by atoms with Crippen molar-refractivity contribution in [2.75, 3.05) is 31.7 Å². The summed E-state index contributed by atoms with van der Waals surface area (Å²) in [6.45, 7) is 10.2. The number of carbonyl (C=O) groups is 1. The van der Waals surface area contributed by atoms with Gasteiger partial charge >= 0.3 is 0 Å². The first-order valence-corrected chi connectivity index (χ1v) is 9.63. The number of rotatable bonds is 9. The number of pyridine rings is 1. The van der Waals surface area contributed by atoms with Gasteiger partial charge in [0.25, 0.3) is 5.91 Å². The van der Waals surface area contributed by atoms with Crippen molar-refractivity contribution in [1.82, 2.24) is 4.98 Å². The first kappa shape index (κ1) is 20.6. The molecule has 6 heteroatoms. The summed E-state index contributed by atoms with van der Waals surface area (Å²) in [7, 11) is 0. The number of nitrogens with one attached hydrogen (secondary N) is 1. The molecule has 1 fully saturated rings. The molecule has 1 heterocycles. The Kier molecular flexibility index (Phi) is 7.85. The van der Waals surface area contributed by atoms with E-state index in [9.17, 15) is 4.79 Å². The highest BCUT2D eigenvalue weighted by Gasteiger charge is 2.42. The normalized spacial score (nSPS) is 22.8. The number of nitrogens with zero attached hydrogens (tertiary/aromatic N) is 1. The Bertz CT molecular complexity index is 589. The second kappa shape index (κ2) is 9.88. The van der Waals surface area contributed by atoms with Crippen LogP contribution in [0.5, 0.6) is 5.88 Å². The van der Waals surface area contributed by atoms with Gasteiger partial charge in [0.15, 0.2) is 0 Å². The lowest BCUT2D eigenvalue weighted by Gasteiger charge is -2.38. The van der Waals surface area contributed by atoms with Gasteiger partial charge in [-0.2, -0.15) is 0 Å². The third kappa shape index (κ3) is 5.42. The summed E-state index contributed by atoms with van der Waals surface area (Å²) in [6.07, 6.45) is 5.32. The minimum atomic E-state index is -0.729. The molecule has 0 spiro atoms. The van der Waals surface area contributed by atoms with Gasteiger partial charge in [-0.05, 0) is 52.0 Å². The molecule has 0 aromatic carbocycles. The Hall–Kier alpha value is -1.66. The Morgan fingerprint density at radius 3 is 2.81 bits per heavy atom. The number of aryl methyl sites for hydroxylation is 1. The molecule has 0 unspecified atom stereocenters. The van der Waals surface area contributed by atoms with E-state index in [1.165, 1.54) is 0 Å². The number of hydrogen-bond acceptors (Lipinski definition) is 5. The molecule has 1 aliphatic rings. The molecule has 1 aromatic heterocycles. The van der Waals surface area contributed by atoms with Crippen molar-refractivity contribution in [3.8, 4) is 5.88 Å². The van der Waals surface area contributed by atoms with E-state index in [-0.39, 0.29) is 5.91 Å². The lowest BCUT2D eigenvalue weighted by Crippen LogP contribution is -2.48. The van der Waals surface area contributed by atoms with E-state index in [2.05, 4.69) is 17.2 Å². The van der Waals surface area contributed by atoms with Crippen LogP contribution in [0.4, 0.5) is 5.69 Å². The van der Waals surface area contributed by atoms with Gasteiger partial charge in [0, 0.05) is 18.8 Å². The van der Waals surface area contributed by atoms with Crippen LogP contribution in [0.1, 0.15) is 52.0 Å². The van der Waals surface area contributed by atoms with Crippen molar-refractivity contribution in [2.45, 2.75) is 59.0 Å². The highest BCUT2D eigenvalue weighted by atomic mass is 16.5. The molecular weight excluding hydrogens is 332 g/mol. The predicted molar refractivity (Wildman–Crippen MR) is 102 cm³/mol. The van der Waals surface area contributed by atoms with Crippen LogP contribution in [-0.4, -0.2) is 42.9 Å². The number of carbonyl (C=O) groups excluding carboxylic acids is 1. The highest BCUT2D eigenvalue weighted by molar-refractivity contribution is 5.97. The standard InChI is InChI=1S/C20H32N2O4/c1-5-24-10-11-25-18-16(4)12-17(14-21-18)22-19(23)20(26-6-2)9-7-8-15(3)13-20/h12,14-15H,5-11,13H2,1-4H3,(H,22,23)/t15-,20-/m1/s1. The monoisotopic (exact) mass is 364 g/mol. The molecule has 0 radical (unpaired) electrons. The average molecular weight is 364 g/mol. The summed E-state index contributed by atoms with van der Waals surface area (Å²) < 4.78 is 16.8. The van der Waals surface area contributed by atoms with Gasteiger partial charge in [0.2, 0.25) is 5.88 Å². The van der Waals surface area contributed by atoms with Crippen molar-refractivity contribution in [2.24, 2.45) is 5.92 Å². The van der Waals surface area contributed by atoms with Gasteiger partial charge in [-0.15, -0.1) is 0 Å². The second-order valence-corrected chi connectivity index (χ2v) is 6.97. The van der Waals surface area contributed by atoms with E-state index < -0.39 is 5.60 Å². The molecule has 1 aliphatic carbocycles. The van der Waals surface area contributed by atoms with Crippen LogP contribution >= 0.6 is 0 Å². The molecule has 0 aliphatic heterocycles. The van der Waals surface area contributed by atoms with Crippen molar-refractivity contribution >= 4 is 11.6 Å². The molecule has 146 valence electrons. The third-order valence-corrected chi connectivity index (χ3v) is 4.75. The average Bonchev–Trinajstić information content (AvgIpc) is 2.60. The molecule has 0 bridgehead atoms. The van der Waals surface area contributed by atoms with Crippen LogP contribution in [0.3, 0.4) is 0 Å². The zero-order valence-corrected chi connectivity index (χ0v) is 16.5. The molecule has 1 amide bonds. The number of aromatic nitrogens is 1. The maximum Gasteiger partial charge on any atom is 0.256 e. The van der Waals surface area contributed by atoms with E-state index >= 15 is 0 Å². The summed E-state index contributed by atoms with van der Waals surface area (Å²) in [5.74, 6) is 0.979. The van der Waals surface area contributed by atoms with Crippen LogP contribution in [0, 0.1) is 12.8 Å². The predicted octanol–water partition coefficient (Wildman–Crippen LogP) is 3.73. The summed E-state index contributed by atoms with van der Waals surface area (Å²) in [5, 5.41) is 3.00. The smallest absolute Gasteiger partial charge is 0.256 e. The first-order chi connectivity index (χ1) is 12.5. The van der Waals surface area contributed by atoms with Gasteiger partial charge in [0.05, 0.1) is 18.5 Å². The summed E-state index contributed by atoms with van der Waals surface area (Å²) in [6, 6.07) is 1.88. The molecule has 2 rings (SSSR count). The summed E-state index contributed by atoms with van der Waals surface area (Å²) in [4.78, 5) is 17.3. The minimum absolute atomic E-state index is 0.0721. The molecular formula is C20H32N2O4. The van der Waals surface area contributed by atoms with Crippen molar-refractivity contribution in [1.29, 1.82) is 0 Å². The summed E-state index contributed by atoms with van der Waals surface area (Å²) in [5.41, 5.74) is 0.816. The number of anilines is 1. The SMILES string of the molecule is CCOCCOc1ncc(NC(=O)[C@@]2(OCC)CCC[C@@H](C)C2)cc1C. The van der Waals surface area contributed by atoms with Crippen LogP contribution in [0.25, 0.3) is 0 Å². The Labute approximate surface area is 156 Å². The number of hydrogen-bond donors (Lipinski definition) is 1. The fraction of sp³-hybridized carbons (Fsp3) is 0.700. The second-order valence-electron chi connectivity index (χ2n) is 6.97. The summed E-state index contributed by atoms with van der Waals surface area (Å²) >= 11 is 0. The quantitative estimate of drug-likeness (QED) is 0.676. The largest absolute Gasteiger partial charge is 0.475 e. The maximum atomic E-state index is 13.0. The van der Waals surface area contributed by atoms with Gasteiger partial charge in [-0.25, -0.2) is 4.98 Å². The molecule has 6 nitrogen and oxygen atoms in total. The van der Waals surface area contributed by atoms with Crippen LogP contribution in [0.15, 0.2) is 12.3 Å². The van der Waals surface area contributed by atoms with Crippen LogP contribution in [0.2, 0.25) is 0 Å². The zero-order chi connectivity index (χ0) is 19.0. The number of ether oxygens (including phenoxy) is 3. The van der Waals surface area contributed by atoms with Gasteiger partial charge in [-0.3, -0.25) is 4.79 Å².